The molecule has 0 bridgehead atoms. The summed E-state index contributed by atoms with van der Waals surface area (Å²) in [5.74, 6) is -0.456. The van der Waals surface area contributed by atoms with Gasteiger partial charge >= 0.3 is 0 Å². The van der Waals surface area contributed by atoms with Crippen molar-refractivity contribution in [3.8, 4) is 0 Å². The molecule has 2 amide bonds. The average molecular weight is 557 g/mol. The number of nitrogens with zero attached hydrogens (tertiary/aromatic N) is 3. The largest absolute Gasteiger partial charge is 0.372 e. The molecule has 7 nitrogen and oxygen atoms in total. The van der Waals surface area contributed by atoms with Gasteiger partial charge in [-0.1, -0.05) is 97.1 Å². The van der Waals surface area contributed by atoms with Gasteiger partial charge in [-0.25, -0.2) is 9.99 Å². The summed E-state index contributed by atoms with van der Waals surface area (Å²) in [7, 11) is 0. The van der Waals surface area contributed by atoms with E-state index in [1.807, 2.05) is 48.5 Å². The first-order chi connectivity index (χ1) is 20.6. The minimum absolute atomic E-state index is 0.385. The Balaban J connectivity index is 1.45. The van der Waals surface area contributed by atoms with E-state index in [9.17, 15) is 14.7 Å². The molecule has 1 saturated heterocycles. The summed E-state index contributed by atoms with van der Waals surface area (Å²) in [6.07, 6.45) is 3.32. The third-order valence-corrected chi connectivity index (χ3v) is 7.76. The molecule has 7 heteroatoms. The lowest BCUT2D eigenvalue weighted by Gasteiger charge is -2.32. The molecule has 42 heavy (non-hydrogen) atoms. The van der Waals surface area contributed by atoms with Gasteiger partial charge in [-0.15, -0.1) is 0 Å². The number of benzene rings is 4. The van der Waals surface area contributed by atoms with E-state index < -0.39 is 17.4 Å². The van der Waals surface area contributed by atoms with Gasteiger partial charge in [-0.3, -0.25) is 15.0 Å². The van der Waals surface area contributed by atoms with Crippen LogP contribution < -0.4 is 15.3 Å². The van der Waals surface area contributed by atoms with E-state index in [1.165, 1.54) is 11.4 Å². The number of nitrogens with one attached hydrogen (secondary N) is 1. The highest BCUT2D eigenvalue weighted by atomic mass is 16.3. The Morgan fingerprint density at radius 1 is 0.738 bits per heavy atom. The highest BCUT2D eigenvalue weighted by molar-refractivity contribution is 6.15. The summed E-state index contributed by atoms with van der Waals surface area (Å²) < 4.78 is 0. The van der Waals surface area contributed by atoms with E-state index in [0.29, 0.717) is 33.3 Å². The Morgan fingerprint density at radius 2 is 1.29 bits per heavy atom. The van der Waals surface area contributed by atoms with Crippen molar-refractivity contribution in [3.63, 3.8) is 0 Å². The summed E-state index contributed by atoms with van der Waals surface area (Å²) in [6, 6.07) is 35.8. The molecule has 0 unspecified atom stereocenters. The fraction of sp³-hybridized carbons (Fsp3) is 0.171. The van der Waals surface area contributed by atoms with E-state index in [2.05, 4.69) is 10.3 Å². The summed E-state index contributed by atoms with van der Waals surface area (Å²) in [5.41, 5.74) is 3.07. The van der Waals surface area contributed by atoms with Crippen LogP contribution in [0, 0.1) is 0 Å². The predicted octanol–water partition coefficient (Wildman–Crippen LogP) is 5.84. The number of carbonyl (C=O) groups is 2. The number of fused-ring (bicyclic) bond motifs is 1. The van der Waals surface area contributed by atoms with Gasteiger partial charge in [0, 0.05) is 18.5 Å². The number of hydrogen-bond acceptors (Lipinski definition) is 5. The van der Waals surface area contributed by atoms with Crippen LogP contribution in [-0.4, -0.2) is 35.0 Å². The zero-order chi connectivity index (χ0) is 28.9. The quantitative estimate of drug-likeness (QED) is 0.257. The number of pyridine rings is 1. The van der Waals surface area contributed by atoms with Gasteiger partial charge in [-0.2, -0.15) is 0 Å². The number of carbonyl (C=O) groups excluding carboxylic acids is 2. The first kappa shape index (κ1) is 27.2. The number of piperidine rings is 1. The van der Waals surface area contributed by atoms with E-state index in [1.54, 1.807) is 72.8 Å². The average Bonchev–Trinajstić information content (AvgIpc) is 3.07. The standard InChI is InChI=1S/C35H32N4O3/c40-33(30-25-32(38-23-13-4-14-24-38)36-31-22-12-11-21-29(30)31)39(28-19-9-3-10-20-28)37-34(41)35(42,26-15-5-1-6-16-26)27-17-7-2-8-18-27/h1-3,5-12,15-22,25,42H,4,13-14,23-24H2,(H,37,41). The maximum atomic E-state index is 14.5. The molecule has 0 radical (unpaired) electrons. The lowest BCUT2D eigenvalue weighted by Crippen LogP contribution is -2.54. The van der Waals surface area contributed by atoms with Gasteiger partial charge in [0.05, 0.1) is 16.8 Å². The van der Waals surface area contributed by atoms with Gasteiger partial charge in [0.15, 0.2) is 5.60 Å². The molecule has 1 aliphatic heterocycles. The number of para-hydroxylation sites is 2. The molecule has 0 aliphatic carbocycles. The molecule has 210 valence electrons. The Hall–Kier alpha value is -5.01. The first-order valence-electron chi connectivity index (χ1n) is 14.2. The smallest absolute Gasteiger partial charge is 0.280 e. The zero-order valence-electron chi connectivity index (χ0n) is 23.2. The summed E-state index contributed by atoms with van der Waals surface area (Å²) >= 11 is 0. The summed E-state index contributed by atoms with van der Waals surface area (Å²) in [6.45, 7) is 1.75. The molecular formula is C35H32N4O3. The van der Waals surface area contributed by atoms with Crippen LogP contribution in [0.2, 0.25) is 0 Å². The molecule has 0 atom stereocenters. The van der Waals surface area contributed by atoms with Crippen LogP contribution in [0.4, 0.5) is 11.5 Å². The van der Waals surface area contributed by atoms with Crippen LogP contribution in [0.1, 0.15) is 40.7 Å². The minimum atomic E-state index is -2.06. The highest BCUT2D eigenvalue weighted by Gasteiger charge is 2.41. The molecule has 0 saturated carbocycles. The Morgan fingerprint density at radius 3 is 1.90 bits per heavy atom. The third-order valence-electron chi connectivity index (χ3n) is 7.76. The summed E-state index contributed by atoms with van der Waals surface area (Å²) in [5, 5.41) is 14.0. The van der Waals surface area contributed by atoms with Crippen molar-refractivity contribution in [2.45, 2.75) is 24.9 Å². The second-order valence-corrected chi connectivity index (χ2v) is 10.5. The second kappa shape index (κ2) is 11.8. The van der Waals surface area contributed by atoms with E-state index in [0.717, 1.165) is 31.7 Å². The molecule has 5 aromatic rings. The Kier molecular flexibility index (Phi) is 7.66. The Bertz CT molecular complexity index is 1650. The molecule has 6 rings (SSSR count). The number of aliphatic hydroxyl groups is 1. The number of aromatic nitrogens is 1. The van der Waals surface area contributed by atoms with Crippen molar-refractivity contribution >= 4 is 34.2 Å². The van der Waals surface area contributed by atoms with Crippen molar-refractivity contribution in [2.75, 3.05) is 23.0 Å². The van der Waals surface area contributed by atoms with Gasteiger partial charge in [0.2, 0.25) is 0 Å². The minimum Gasteiger partial charge on any atom is -0.372 e. The van der Waals surface area contributed by atoms with Crippen molar-refractivity contribution in [1.82, 2.24) is 10.4 Å². The maximum Gasteiger partial charge on any atom is 0.280 e. The van der Waals surface area contributed by atoms with Crippen LogP contribution in [0.15, 0.2) is 121 Å². The van der Waals surface area contributed by atoms with E-state index in [-0.39, 0.29) is 0 Å². The van der Waals surface area contributed by atoms with Crippen molar-refractivity contribution < 1.29 is 14.7 Å². The monoisotopic (exact) mass is 556 g/mol. The van der Waals surface area contributed by atoms with Gasteiger partial charge in [0.25, 0.3) is 11.8 Å². The highest BCUT2D eigenvalue weighted by Crippen LogP contribution is 2.32. The topological polar surface area (TPSA) is 85.8 Å². The van der Waals surface area contributed by atoms with Crippen LogP contribution in [0.5, 0.6) is 0 Å². The second-order valence-electron chi connectivity index (χ2n) is 10.5. The van der Waals surface area contributed by atoms with E-state index in [4.69, 9.17) is 4.98 Å². The fourth-order valence-electron chi connectivity index (χ4n) is 5.52. The Labute approximate surface area is 245 Å². The zero-order valence-corrected chi connectivity index (χ0v) is 23.2. The van der Waals surface area contributed by atoms with Crippen molar-refractivity contribution in [2.24, 2.45) is 0 Å². The SMILES string of the molecule is O=C(c1cc(N2CCCCC2)nc2ccccc12)N(NC(=O)C(O)(c1ccccc1)c1ccccc1)c1ccccc1. The normalized spacial score (nSPS) is 13.5. The molecule has 1 aromatic heterocycles. The molecule has 1 fully saturated rings. The van der Waals surface area contributed by atoms with Crippen LogP contribution >= 0.6 is 0 Å². The van der Waals surface area contributed by atoms with Crippen molar-refractivity contribution in [3.05, 3.63) is 138 Å². The van der Waals surface area contributed by atoms with Crippen LogP contribution in [0.3, 0.4) is 0 Å². The molecule has 1 aliphatic rings. The third kappa shape index (κ3) is 5.22. The van der Waals surface area contributed by atoms with Crippen LogP contribution in [-0.2, 0) is 10.4 Å². The van der Waals surface area contributed by atoms with Crippen LogP contribution in [0.25, 0.3) is 10.9 Å². The lowest BCUT2D eigenvalue weighted by atomic mass is 9.85. The van der Waals surface area contributed by atoms with Gasteiger partial charge in [0.1, 0.15) is 5.82 Å². The molecular weight excluding hydrogens is 524 g/mol. The molecule has 0 spiro atoms. The number of hydrazine groups is 1. The number of anilines is 2. The van der Waals surface area contributed by atoms with E-state index >= 15 is 0 Å². The molecule has 2 N–H and O–H groups in total. The number of hydrogen-bond donors (Lipinski definition) is 2. The first-order valence-corrected chi connectivity index (χ1v) is 14.2. The van der Waals surface area contributed by atoms with Gasteiger partial charge in [-0.05, 0) is 54.7 Å². The number of amides is 2. The number of rotatable bonds is 6. The summed E-state index contributed by atoms with van der Waals surface area (Å²) in [4.78, 5) is 35.8. The fourth-order valence-corrected chi connectivity index (χ4v) is 5.52. The maximum absolute atomic E-state index is 14.5. The predicted molar refractivity (Wildman–Crippen MR) is 165 cm³/mol. The van der Waals surface area contributed by atoms with Crippen molar-refractivity contribution in [1.29, 1.82) is 0 Å². The molecule has 2 heterocycles. The lowest BCUT2D eigenvalue weighted by molar-refractivity contribution is -0.136. The van der Waals surface area contributed by atoms with Gasteiger partial charge < -0.3 is 10.0 Å². The molecule has 4 aromatic carbocycles.